The van der Waals surface area contributed by atoms with Crippen LogP contribution >= 0.6 is 0 Å². The van der Waals surface area contributed by atoms with E-state index in [1.807, 2.05) is 4.90 Å². The maximum Gasteiger partial charge on any atom is 0.433 e. The van der Waals surface area contributed by atoms with Gasteiger partial charge in [0, 0.05) is 38.4 Å². The molecule has 1 saturated heterocycles. The molecular weight excluding hydrogens is 359 g/mol. The highest BCUT2D eigenvalue weighted by Crippen LogP contribution is 2.29. The second-order valence-electron chi connectivity index (χ2n) is 6.89. The predicted molar refractivity (Wildman–Crippen MR) is 85.3 cm³/mol. The molecule has 0 spiro atoms. The maximum absolute atomic E-state index is 12.7. The molecular formula is C15H22F3N3O3S. The van der Waals surface area contributed by atoms with E-state index in [1.54, 1.807) is 20.8 Å². The van der Waals surface area contributed by atoms with E-state index in [1.165, 1.54) is 4.31 Å². The highest BCUT2D eigenvalue weighted by molar-refractivity contribution is 7.89. The summed E-state index contributed by atoms with van der Waals surface area (Å²) in [4.78, 5) is 4.92. The normalized spacial score (nSPS) is 21.5. The van der Waals surface area contributed by atoms with E-state index >= 15 is 0 Å². The minimum absolute atomic E-state index is 0.195. The van der Waals surface area contributed by atoms with Gasteiger partial charge in [-0.15, -0.1) is 0 Å². The topological polar surface area (TPSA) is 73.7 Å². The number of aromatic nitrogens is 1. The molecule has 1 aliphatic rings. The summed E-state index contributed by atoms with van der Waals surface area (Å²) in [5.41, 5.74) is -2.02. The molecule has 0 saturated carbocycles. The van der Waals surface area contributed by atoms with Crippen molar-refractivity contribution in [1.82, 2.24) is 14.2 Å². The number of hydrogen-bond acceptors (Lipinski definition) is 5. The zero-order valence-corrected chi connectivity index (χ0v) is 15.1. The van der Waals surface area contributed by atoms with E-state index in [0.29, 0.717) is 25.7 Å². The standard InChI is InChI=1S/C15H22F3N3O3S/c1-11-9-20(10-14(2,3)22)6-7-21(11)25(23,24)12-4-5-13(19-8-12)15(16,17)18/h4-5,8,11,22H,6-7,9-10H2,1-3H3. The first-order valence-electron chi connectivity index (χ1n) is 7.80. The number of hydrogen-bond donors (Lipinski definition) is 1. The lowest BCUT2D eigenvalue weighted by molar-refractivity contribution is -0.141. The summed E-state index contributed by atoms with van der Waals surface area (Å²) >= 11 is 0. The largest absolute Gasteiger partial charge is 0.433 e. The fourth-order valence-electron chi connectivity index (χ4n) is 2.90. The molecule has 10 heteroatoms. The first-order valence-corrected chi connectivity index (χ1v) is 9.24. The second-order valence-corrected chi connectivity index (χ2v) is 8.78. The van der Waals surface area contributed by atoms with Crippen molar-refractivity contribution in [3.05, 3.63) is 24.0 Å². The Morgan fingerprint density at radius 2 is 1.92 bits per heavy atom. The van der Waals surface area contributed by atoms with Gasteiger partial charge in [0.05, 0.1) is 5.60 Å². The lowest BCUT2D eigenvalue weighted by atomic mass is 10.1. The van der Waals surface area contributed by atoms with E-state index in [0.717, 1.165) is 12.3 Å². The van der Waals surface area contributed by atoms with Gasteiger partial charge < -0.3 is 5.11 Å². The van der Waals surface area contributed by atoms with Crippen LogP contribution in [0.2, 0.25) is 0 Å². The van der Waals surface area contributed by atoms with Crippen molar-refractivity contribution in [2.45, 2.75) is 43.5 Å². The molecule has 0 radical (unpaired) electrons. The van der Waals surface area contributed by atoms with Gasteiger partial charge in [-0.3, -0.25) is 9.88 Å². The third kappa shape index (κ3) is 4.90. The molecule has 1 aliphatic heterocycles. The number of sulfonamides is 1. The number of β-amino-alcohol motifs (C(OH)–C–C–N with tert-alkyl or cyclic N) is 1. The third-order valence-electron chi connectivity index (χ3n) is 3.89. The molecule has 2 heterocycles. The van der Waals surface area contributed by atoms with Gasteiger partial charge in [-0.2, -0.15) is 17.5 Å². The van der Waals surface area contributed by atoms with Crippen LogP contribution in [-0.4, -0.2) is 65.5 Å². The van der Waals surface area contributed by atoms with E-state index in [9.17, 15) is 26.7 Å². The maximum atomic E-state index is 12.7. The van der Waals surface area contributed by atoms with Crippen molar-refractivity contribution < 1.29 is 26.7 Å². The molecule has 1 fully saturated rings. The van der Waals surface area contributed by atoms with Crippen LogP contribution in [0.4, 0.5) is 13.2 Å². The lowest BCUT2D eigenvalue weighted by Gasteiger charge is -2.40. The van der Waals surface area contributed by atoms with E-state index in [2.05, 4.69) is 4.98 Å². The molecule has 1 aromatic rings. The number of halogens is 3. The molecule has 0 aromatic carbocycles. The summed E-state index contributed by atoms with van der Waals surface area (Å²) in [6.45, 7) is 6.54. The first-order chi connectivity index (χ1) is 11.3. The zero-order chi connectivity index (χ0) is 19.0. The van der Waals surface area contributed by atoms with Gasteiger partial charge in [-0.05, 0) is 32.9 Å². The number of pyridine rings is 1. The van der Waals surface area contributed by atoms with E-state index in [-0.39, 0.29) is 17.5 Å². The van der Waals surface area contributed by atoms with Crippen molar-refractivity contribution >= 4 is 10.0 Å². The fraction of sp³-hybridized carbons (Fsp3) is 0.667. The summed E-state index contributed by atoms with van der Waals surface area (Å²) < 4.78 is 64.3. The van der Waals surface area contributed by atoms with E-state index < -0.39 is 27.5 Å². The molecule has 1 atom stereocenters. The van der Waals surface area contributed by atoms with Crippen molar-refractivity contribution in [3.8, 4) is 0 Å². The molecule has 142 valence electrons. The van der Waals surface area contributed by atoms with Gasteiger partial charge in [-0.25, -0.2) is 8.42 Å². The Labute approximate surface area is 145 Å². The molecule has 1 N–H and O–H groups in total. The fourth-order valence-corrected chi connectivity index (χ4v) is 4.46. The van der Waals surface area contributed by atoms with Crippen LogP contribution in [0.25, 0.3) is 0 Å². The van der Waals surface area contributed by atoms with Crippen LogP contribution in [0.1, 0.15) is 26.5 Å². The van der Waals surface area contributed by atoms with Crippen molar-refractivity contribution in [2.75, 3.05) is 26.2 Å². The Hall–Kier alpha value is -1.23. The highest BCUT2D eigenvalue weighted by Gasteiger charge is 2.36. The number of alkyl halides is 3. The lowest BCUT2D eigenvalue weighted by Crippen LogP contribution is -2.56. The van der Waals surface area contributed by atoms with Crippen LogP contribution < -0.4 is 0 Å². The molecule has 1 aromatic heterocycles. The van der Waals surface area contributed by atoms with Crippen LogP contribution in [0.5, 0.6) is 0 Å². The number of rotatable bonds is 4. The zero-order valence-electron chi connectivity index (χ0n) is 14.3. The smallest absolute Gasteiger partial charge is 0.389 e. The van der Waals surface area contributed by atoms with Crippen molar-refractivity contribution in [2.24, 2.45) is 0 Å². The number of aliphatic hydroxyl groups is 1. The summed E-state index contributed by atoms with van der Waals surface area (Å²) in [5, 5.41) is 9.88. The third-order valence-corrected chi connectivity index (χ3v) is 5.89. The minimum Gasteiger partial charge on any atom is -0.389 e. The average Bonchev–Trinajstić information content (AvgIpc) is 2.44. The molecule has 0 aliphatic carbocycles. The molecule has 1 unspecified atom stereocenters. The minimum atomic E-state index is -4.61. The van der Waals surface area contributed by atoms with Gasteiger partial charge in [0.2, 0.25) is 10.0 Å². The quantitative estimate of drug-likeness (QED) is 0.857. The number of nitrogens with zero attached hydrogens (tertiary/aromatic N) is 3. The SMILES string of the molecule is CC1CN(CC(C)(C)O)CCN1S(=O)(=O)c1ccc(C(F)(F)F)nc1. The van der Waals surface area contributed by atoms with Crippen molar-refractivity contribution in [1.29, 1.82) is 0 Å². The molecule has 6 nitrogen and oxygen atoms in total. The van der Waals surface area contributed by atoms with E-state index in [4.69, 9.17) is 0 Å². The summed E-state index contributed by atoms with van der Waals surface area (Å²) in [5.74, 6) is 0. The van der Waals surface area contributed by atoms with Gasteiger partial charge in [0.1, 0.15) is 10.6 Å². The average molecular weight is 381 g/mol. The Kier molecular flexibility index (Phi) is 5.48. The van der Waals surface area contributed by atoms with Crippen LogP contribution in [0, 0.1) is 0 Å². The van der Waals surface area contributed by atoms with Crippen LogP contribution in [0.15, 0.2) is 23.2 Å². The van der Waals surface area contributed by atoms with Crippen LogP contribution in [0.3, 0.4) is 0 Å². The first kappa shape index (κ1) is 20.1. The molecule has 0 bridgehead atoms. The molecule has 2 rings (SSSR count). The summed E-state index contributed by atoms with van der Waals surface area (Å²) in [7, 11) is -3.93. The monoisotopic (exact) mass is 381 g/mol. The summed E-state index contributed by atoms with van der Waals surface area (Å²) in [6.07, 6.45) is -3.87. The van der Waals surface area contributed by atoms with Gasteiger partial charge >= 0.3 is 6.18 Å². The summed E-state index contributed by atoms with van der Waals surface area (Å²) in [6, 6.07) is 1.23. The van der Waals surface area contributed by atoms with Gasteiger partial charge in [-0.1, -0.05) is 0 Å². The van der Waals surface area contributed by atoms with Crippen molar-refractivity contribution in [3.63, 3.8) is 0 Å². The van der Waals surface area contributed by atoms with Crippen LogP contribution in [-0.2, 0) is 16.2 Å². The number of piperazine rings is 1. The molecule has 0 amide bonds. The van der Waals surface area contributed by atoms with Gasteiger partial charge in [0.15, 0.2) is 0 Å². The highest BCUT2D eigenvalue weighted by atomic mass is 32.2. The Morgan fingerprint density at radius 1 is 1.28 bits per heavy atom. The van der Waals surface area contributed by atoms with Gasteiger partial charge in [0.25, 0.3) is 0 Å². The second kappa shape index (κ2) is 6.82. The Morgan fingerprint density at radius 3 is 2.36 bits per heavy atom. The molecule has 25 heavy (non-hydrogen) atoms. The Balaban J connectivity index is 2.15. The Bertz CT molecular complexity index is 699. The predicted octanol–water partition coefficient (Wildman–Crippen LogP) is 1.57.